The van der Waals surface area contributed by atoms with Crippen LogP contribution in [0.4, 0.5) is 4.39 Å². The van der Waals surface area contributed by atoms with E-state index in [4.69, 9.17) is 6.42 Å². The minimum atomic E-state index is -3.68. The second-order valence-electron chi connectivity index (χ2n) is 6.02. The first-order valence-electron chi connectivity index (χ1n) is 7.45. The fourth-order valence-corrected chi connectivity index (χ4v) is 4.57. The van der Waals surface area contributed by atoms with Gasteiger partial charge in [0, 0.05) is 25.0 Å². The van der Waals surface area contributed by atoms with E-state index in [9.17, 15) is 12.8 Å². The van der Waals surface area contributed by atoms with Crippen LogP contribution >= 0.6 is 0 Å². The molecule has 0 amide bonds. The SMILES string of the molecule is C#C[C@H]1CN2CC[C@H]1C[C@@H]2CNS(=O)(=O)c1cccc(F)c1. The van der Waals surface area contributed by atoms with Gasteiger partial charge in [0.1, 0.15) is 5.82 Å². The maximum Gasteiger partial charge on any atom is 0.240 e. The molecule has 0 saturated carbocycles. The Balaban J connectivity index is 1.65. The molecular formula is C16H19FN2O2S. The second-order valence-corrected chi connectivity index (χ2v) is 7.78. The molecule has 4 nitrogen and oxygen atoms in total. The molecule has 0 radical (unpaired) electrons. The largest absolute Gasteiger partial charge is 0.298 e. The van der Waals surface area contributed by atoms with E-state index < -0.39 is 15.8 Å². The molecule has 4 atom stereocenters. The number of piperidine rings is 3. The number of nitrogens with one attached hydrogen (secondary N) is 1. The second kappa shape index (κ2) is 5.99. The highest BCUT2D eigenvalue weighted by Gasteiger charge is 2.39. The average Bonchev–Trinajstić information content (AvgIpc) is 2.53. The van der Waals surface area contributed by atoms with Crippen LogP contribution < -0.4 is 4.72 Å². The van der Waals surface area contributed by atoms with E-state index in [2.05, 4.69) is 15.5 Å². The van der Waals surface area contributed by atoms with E-state index in [0.29, 0.717) is 12.5 Å². The standard InChI is InChI=1S/C16H19FN2O2S/c1-2-12-11-19-7-6-13(12)8-15(19)10-18-22(20,21)16-5-3-4-14(17)9-16/h1,3-5,9,12-13,15,18H,6-8,10-11H2/t12-,13-,15+/m0/s1. The van der Waals surface area contributed by atoms with Crippen LogP contribution in [-0.4, -0.2) is 39.0 Å². The number of terminal acetylenes is 1. The van der Waals surface area contributed by atoms with Crippen molar-refractivity contribution in [3.05, 3.63) is 30.1 Å². The predicted molar refractivity (Wildman–Crippen MR) is 82.0 cm³/mol. The lowest BCUT2D eigenvalue weighted by Crippen LogP contribution is -2.56. The smallest absolute Gasteiger partial charge is 0.240 e. The van der Waals surface area contributed by atoms with E-state index in [-0.39, 0.29) is 16.9 Å². The number of halogens is 1. The van der Waals surface area contributed by atoms with Crippen molar-refractivity contribution in [2.24, 2.45) is 11.8 Å². The molecule has 0 spiro atoms. The first-order valence-corrected chi connectivity index (χ1v) is 8.93. The van der Waals surface area contributed by atoms with Crippen molar-refractivity contribution in [3.8, 4) is 12.3 Å². The monoisotopic (exact) mass is 322 g/mol. The zero-order valence-corrected chi connectivity index (χ0v) is 13.0. The summed E-state index contributed by atoms with van der Waals surface area (Å²) in [7, 11) is -3.68. The first-order chi connectivity index (χ1) is 10.5. The Morgan fingerprint density at radius 2 is 2.27 bits per heavy atom. The summed E-state index contributed by atoms with van der Waals surface area (Å²) in [6.07, 6.45) is 7.55. The van der Waals surface area contributed by atoms with Crippen LogP contribution in [0.5, 0.6) is 0 Å². The summed E-state index contributed by atoms with van der Waals surface area (Å²) < 4.78 is 40.2. The third-order valence-electron chi connectivity index (χ3n) is 4.71. The zero-order valence-electron chi connectivity index (χ0n) is 12.2. The van der Waals surface area contributed by atoms with Crippen LogP contribution in [0.1, 0.15) is 12.8 Å². The van der Waals surface area contributed by atoms with Gasteiger partial charge in [0.25, 0.3) is 0 Å². The van der Waals surface area contributed by atoms with Crippen LogP contribution in [0, 0.1) is 30.0 Å². The lowest BCUT2D eigenvalue weighted by atomic mass is 9.76. The summed E-state index contributed by atoms with van der Waals surface area (Å²) >= 11 is 0. The summed E-state index contributed by atoms with van der Waals surface area (Å²) in [6, 6.07) is 5.22. The highest BCUT2D eigenvalue weighted by molar-refractivity contribution is 7.89. The molecule has 4 rings (SSSR count). The Labute approximate surface area is 130 Å². The van der Waals surface area contributed by atoms with Gasteiger partial charge in [-0.05, 0) is 43.5 Å². The van der Waals surface area contributed by atoms with Gasteiger partial charge in [0.2, 0.25) is 10.0 Å². The number of fused-ring (bicyclic) bond motifs is 3. The van der Waals surface area contributed by atoms with E-state index in [1.807, 2.05) is 0 Å². The molecule has 6 heteroatoms. The number of hydrogen-bond donors (Lipinski definition) is 1. The lowest BCUT2D eigenvalue weighted by Gasteiger charge is -2.48. The molecule has 1 N–H and O–H groups in total. The molecule has 3 heterocycles. The molecule has 3 fully saturated rings. The zero-order chi connectivity index (χ0) is 15.7. The number of rotatable bonds is 4. The van der Waals surface area contributed by atoms with Gasteiger partial charge in [-0.2, -0.15) is 0 Å². The van der Waals surface area contributed by atoms with Gasteiger partial charge >= 0.3 is 0 Å². The molecule has 1 unspecified atom stereocenters. The third kappa shape index (κ3) is 3.02. The molecule has 2 bridgehead atoms. The van der Waals surface area contributed by atoms with Crippen molar-refractivity contribution in [2.75, 3.05) is 19.6 Å². The summed E-state index contributed by atoms with van der Waals surface area (Å²) in [5, 5.41) is 0. The molecule has 0 aromatic heterocycles. The molecule has 0 aliphatic carbocycles. The molecule has 1 aromatic rings. The van der Waals surface area contributed by atoms with Gasteiger partial charge in [0.05, 0.1) is 4.90 Å². The Morgan fingerprint density at radius 1 is 1.45 bits per heavy atom. The van der Waals surface area contributed by atoms with Crippen molar-refractivity contribution in [3.63, 3.8) is 0 Å². The predicted octanol–water partition coefficient (Wildman–Crippen LogP) is 1.45. The maximum absolute atomic E-state index is 13.2. The van der Waals surface area contributed by atoms with Crippen molar-refractivity contribution in [1.82, 2.24) is 9.62 Å². The van der Waals surface area contributed by atoms with Crippen LogP contribution in [0.3, 0.4) is 0 Å². The summed E-state index contributed by atoms with van der Waals surface area (Å²) in [5.41, 5.74) is 0. The van der Waals surface area contributed by atoms with Crippen LogP contribution in [-0.2, 0) is 10.0 Å². The topological polar surface area (TPSA) is 49.4 Å². The van der Waals surface area contributed by atoms with Gasteiger partial charge in [-0.25, -0.2) is 17.5 Å². The van der Waals surface area contributed by atoms with Gasteiger partial charge in [-0.15, -0.1) is 12.3 Å². The Hall–Kier alpha value is -1.42. The number of sulfonamides is 1. The summed E-state index contributed by atoms with van der Waals surface area (Å²) in [4.78, 5) is 2.23. The fourth-order valence-electron chi connectivity index (χ4n) is 3.46. The van der Waals surface area contributed by atoms with Gasteiger partial charge in [-0.1, -0.05) is 6.07 Å². The highest BCUT2D eigenvalue weighted by Crippen LogP contribution is 2.35. The Morgan fingerprint density at radius 3 is 2.91 bits per heavy atom. The quantitative estimate of drug-likeness (QED) is 0.854. The maximum atomic E-state index is 13.2. The van der Waals surface area contributed by atoms with Gasteiger partial charge in [0.15, 0.2) is 0 Å². The molecule has 1 aromatic carbocycles. The molecule has 3 aliphatic rings. The molecule has 3 saturated heterocycles. The summed E-state index contributed by atoms with van der Waals surface area (Å²) in [5.74, 6) is 3.05. The van der Waals surface area contributed by atoms with Crippen molar-refractivity contribution in [1.29, 1.82) is 0 Å². The van der Waals surface area contributed by atoms with E-state index in [0.717, 1.165) is 32.0 Å². The van der Waals surface area contributed by atoms with E-state index >= 15 is 0 Å². The number of hydrogen-bond acceptors (Lipinski definition) is 3. The van der Waals surface area contributed by atoms with Crippen LogP contribution in [0.2, 0.25) is 0 Å². The van der Waals surface area contributed by atoms with Crippen molar-refractivity contribution < 1.29 is 12.8 Å². The first kappa shape index (κ1) is 15.5. The normalized spacial score (nSPS) is 30.9. The number of nitrogens with zero attached hydrogens (tertiary/aromatic N) is 1. The van der Waals surface area contributed by atoms with Crippen LogP contribution in [0.25, 0.3) is 0 Å². The average molecular weight is 322 g/mol. The molecule has 22 heavy (non-hydrogen) atoms. The lowest BCUT2D eigenvalue weighted by molar-refractivity contribution is 0.0251. The molecule has 3 aliphatic heterocycles. The number of benzene rings is 1. The molecular weight excluding hydrogens is 303 g/mol. The van der Waals surface area contributed by atoms with Crippen LogP contribution in [0.15, 0.2) is 29.2 Å². The minimum Gasteiger partial charge on any atom is -0.298 e. The van der Waals surface area contributed by atoms with Crippen molar-refractivity contribution >= 4 is 10.0 Å². The van der Waals surface area contributed by atoms with Crippen molar-refractivity contribution in [2.45, 2.75) is 23.8 Å². The Kier molecular flexibility index (Phi) is 4.22. The third-order valence-corrected chi connectivity index (χ3v) is 6.13. The van der Waals surface area contributed by atoms with E-state index in [1.54, 1.807) is 0 Å². The highest BCUT2D eigenvalue weighted by atomic mass is 32.2. The molecule has 118 valence electrons. The van der Waals surface area contributed by atoms with Gasteiger partial charge < -0.3 is 0 Å². The minimum absolute atomic E-state index is 0.0371. The Bertz CT molecular complexity index is 698. The van der Waals surface area contributed by atoms with Gasteiger partial charge in [-0.3, -0.25) is 4.90 Å². The van der Waals surface area contributed by atoms with E-state index in [1.165, 1.54) is 18.2 Å². The fraction of sp³-hybridized carbons (Fsp3) is 0.500. The summed E-state index contributed by atoms with van der Waals surface area (Å²) in [6.45, 7) is 2.15.